The molecule has 3 heteroatoms. The third-order valence-corrected chi connectivity index (χ3v) is 4.12. The number of carbonyl (C=O) groups is 1. The molecular weight excluding hydrogens is 264 g/mol. The third kappa shape index (κ3) is 2.29. The minimum atomic E-state index is -0.105. The Kier molecular flexibility index (Phi) is 3.65. The highest BCUT2D eigenvalue weighted by Gasteiger charge is 2.32. The van der Waals surface area contributed by atoms with Gasteiger partial charge in [-0.1, -0.05) is 30.3 Å². The molecule has 3 nitrogen and oxygen atoms in total. The predicted octanol–water partition coefficient (Wildman–Crippen LogP) is 3.62. The van der Waals surface area contributed by atoms with E-state index in [4.69, 9.17) is 9.47 Å². The lowest BCUT2D eigenvalue weighted by atomic mass is 9.91. The fraction of sp³-hybridized carbons (Fsp3) is 0.278. The zero-order valence-corrected chi connectivity index (χ0v) is 12.3. The minimum absolute atomic E-state index is 0.0780. The maximum atomic E-state index is 13.0. The van der Waals surface area contributed by atoms with Crippen LogP contribution in [0.5, 0.6) is 11.5 Å². The fourth-order valence-corrected chi connectivity index (χ4v) is 3.10. The van der Waals surface area contributed by atoms with Gasteiger partial charge < -0.3 is 9.47 Å². The van der Waals surface area contributed by atoms with Crippen LogP contribution < -0.4 is 9.47 Å². The molecule has 21 heavy (non-hydrogen) atoms. The molecule has 3 rings (SSSR count). The van der Waals surface area contributed by atoms with Gasteiger partial charge in [0.2, 0.25) is 0 Å². The number of ether oxygens (including phenoxy) is 2. The molecular formula is C18H18O3. The zero-order chi connectivity index (χ0) is 14.8. The normalized spacial score (nSPS) is 16.4. The van der Waals surface area contributed by atoms with E-state index < -0.39 is 0 Å². The molecule has 2 aromatic rings. The average molecular weight is 282 g/mol. The van der Waals surface area contributed by atoms with Crippen LogP contribution in [0.25, 0.3) is 0 Å². The lowest BCUT2D eigenvalue weighted by Gasteiger charge is -2.16. The lowest BCUT2D eigenvalue weighted by molar-refractivity contribution is 0.0953. The molecule has 0 amide bonds. The van der Waals surface area contributed by atoms with E-state index in [0.717, 1.165) is 18.4 Å². The smallest absolute Gasteiger partial charge is 0.177 e. The molecule has 2 aromatic carbocycles. The van der Waals surface area contributed by atoms with Crippen molar-refractivity contribution in [3.63, 3.8) is 0 Å². The number of rotatable bonds is 4. The quantitative estimate of drug-likeness (QED) is 0.803. The van der Waals surface area contributed by atoms with Gasteiger partial charge in [0, 0.05) is 5.92 Å². The molecule has 0 spiro atoms. The molecule has 1 atom stereocenters. The van der Waals surface area contributed by atoms with E-state index in [1.165, 1.54) is 5.56 Å². The van der Waals surface area contributed by atoms with Crippen molar-refractivity contribution >= 4 is 5.78 Å². The van der Waals surface area contributed by atoms with E-state index in [1.54, 1.807) is 26.4 Å². The van der Waals surface area contributed by atoms with Crippen LogP contribution in [0, 0.1) is 0 Å². The van der Waals surface area contributed by atoms with Crippen LogP contribution in [-0.2, 0) is 6.42 Å². The van der Waals surface area contributed by atoms with E-state index in [0.29, 0.717) is 17.1 Å². The number of benzene rings is 2. The van der Waals surface area contributed by atoms with Crippen molar-refractivity contribution in [2.45, 2.75) is 18.8 Å². The summed E-state index contributed by atoms with van der Waals surface area (Å²) in [6.07, 6.45) is 1.80. The third-order valence-electron chi connectivity index (χ3n) is 4.12. The van der Waals surface area contributed by atoms with Gasteiger partial charge in [-0.05, 0) is 36.1 Å². The van der Waals surface area contributed by atoms with E-state index in [1.807, 2.05) is 24.3 Å². The summed E-state index contributed by atoms with van der Waals surface area (Å²) in [7, 11) is 3.16. The van der Waals surface area contributed by atoms with Crippen molar-refractivity contribution in [2.24, 2.45) is 0 Å². The number of aryl methyl sites for hydroxylation is 1. The van der Waals surface area contributed by atoms with Crippen molar-refractivity contribution in [2.75, 3.05) is 14.2 Å². The van der Waals surface area contributed by atoms with Crippen LogP contribution in [0.4, 0.5) is 0 Å². The molecule has 0 radical (unpaired) electrons. The summed E-state index contributed by atoms with van der Waals surface area (Å²) in [6.45, 7) is 0. The Morgan fingerprint density at radius 2 is 1.67 bits per heavy atom. The number of methoxy groups -OCH3 is 2. The average Bonchev–Trinajstić information content (AvgIpc) is 2.97. The van der Waals surface area contributed by atoms with Crippen LogP contribution in [0.15, 0.2) is 42.5 Å². The molecule has 108 valence electrons. The molecule has 0 aromatic heterocycles. The standard InChI is InChI=1S/C18H18O3/c1-20-15-8-5-9-16(21-2)17(15)18(19)14-11-10-12-6-3-4-7-13(12)14/h3-9,14H,10-11H2,1-2H3. The van der Waals surface area contributed by atoms with Crippen LogP contribution in [0.2, 0.25) is 0 Å². The lowest BCUT2D eigenvalue weighted by Crippen LogP contribution is -2.13. The number of fused-ring (bicyclic) bond motifs is 1. The number of carbonyl (C=O) groups excluding carboxylic acids is 1. The molecule has 0 bridgehead atoms. The molecule has 0 aliphatic heterocycles. The topological polar surface area (TPSA) is 35.5 Å². The highest BCUT2D eigenvalue weighted by molar-refractivity contribution is 6.06. The first kappa shape index (κ1) is 13.7. The highest BCUT2D eigenvalue weighted by Crippen LogP contribution is 2.39. The van der Waals surface area contributed by atoms with Gasteiger partial charge in [-0.15, -0.1) is 0 Å². The van der Waals surface area contributed by atoms with Crippen LogP contribution >= 0.6 is 0 Å². The second-order valence-electron chi connectivity index (χ2n) is 5.19. The first-order valence-electron chi connectivity index (χ1n) is 7.09. The Balaban J connectivity index is 2.04. The summed E-state index contributed by atoms with van der Waals surface area (Å²) < 4.78 is 10.7. The van der Waals surface area contributed by atoms with E-state index in [-0.39, 0.29) is 11.7 Å². The molecule has 0 saturated carbocycles. The number of hydrogen-bond donors (Lipinski definition) is 0. The van der Waals surface area contributed by atoms with Crippen molar-refractivity contribution < 1.29 is 14.3 Å². The van der Waals surface area contributed by atoms with Crippen LogP contribution in [0.3, 0.4) is 0 Å². The second-order valence-corrected chi connectivity index (χ2v) is 5.19. The minimum Gasteiger partial charge on any atom is -0.496 e. The maximum absolute atomic E-state index is 13.0. The van der Waals surface area contributed by atoms with Gasteiger partial charge in [0.05, 0.1) is 14.2 Å². The first-order chi connectivity index (χ1) is 10.3. The summed E-state index contributed by atoms with van der Waals surface area (Å²) in [6, 6.07) is 13.6. The fourth-order valence-electron chi connectivity index (χ4n) is 3.10. The summed E-state index contributed by atoms with van der Waals surface area (Å²) in [5.41, 5.74) is 2.95. The predicted molar refractivity (Wildman–Crippen MR) is 81.4 cm³/mol. The molecule has 1 unspecified atom stereocenters. The van der Waals surface area contributed by atoms with Crippen molar-refractivity contribution in [3.8, 4) is 11.5 Å². The van der Waals surface area contributed by atoms with Gasteiger partial charge in [-0.3, -0.25) is 4.79 Å². The van der Waals surface area contributed by atoms with E-state index in [2.05, 4.69) is 6.07 Å². The van der Waals surface area contributed by atoms with Crippen LogP contribution in [-0.4, -0.2) is 20.0 Å². The van der Waals surface area contributed by atoms with Gasteiger partial charge in [0.25, 0.3) is 0 Å². The second kappa shape index (κ2) is 5.60. The Hall–Kier alpha value is -2.29. The van der Waals surface area contributed by atoms with E-state index in [9.17, 15) is 4.79 Å². The Bertz CT molecular complexity index is 654. The molecule has 1 aliphatic carbocycles. The van der Waals surface area contributed by atoms with Gasteiger partial charge in [0.15, 0.2) is 5.78 Å². The SMILES string of the molecule is COc1cccc(OC)c1C(=O)C1CCc2ccccc21. The Labute approximate surface area is 124 Å². The van der Waals surface area contributed by atoms with Gasteiger partial charge in [-0.25, -0.2) is 0 Å². The van der Waals surface area contributed by atoms with E-state index >= 15 is 0 Å². The molecule has 0 N–H and O–H groups in total. The number of ketones is 1. The van der Waals surface area contributed by atoms with Crippen molar-refractivity contribution in [1.82, 2.24) is 0 Å². The molecule has 0 heterocycles. The Morgan fingerprint density at radius 3 is 2.33 bits per heavy atom. The monoisotopic (exact) mass is 282 g/mol. The molecule has 0 saturated heterocycles. The zero-order valence-electron chi connectivity index (χ0n) is 12.3. The van der Waals surface area contributed by atoms with Crippen molar-refractivity contribution in [3.05, 3.63) is 59.2 Å². The highest BCUT2D eigenvalue weighted by atomic mass is 16.5. The van der Waals surface area contributed by atoms with Crippen molar-refractivity contribution in [1.29, 1.82) is 0 Å². The molecule has 1 aliphatic rings. The largest absolute Gasteiger partial charge is 0.496 e. The number of Topliss-reactive ketones (excluding diaryl/α,β-unsaturated/α-hetero) is 1. The summed E-state index contributed by atoms with van der Waals surface area (Å²) in [5, 5.41) is 0. The Morgan fingerprint density at radius 1 is 1.00 bits per heavy atom. The summed E-state index contributed by atoms with van der Waals surface area (Å²) in [5.74, 6) is 1.12. The van der Waals surface area contributed by atoms with Gasteiger partial charge in [0.1, 0.15) is 17.1 Å². The van der Waals surface area contributed by atoms with Crippen LogP contribution in [0.1, 0.15) is 33.8 Å². The summed E-state index contributed by atoms with van der Waals surface area (Å²) in [4.78, 5) is 13.0. The van der Waals surface area contributed by atoms with Gasteiger partial charge in [-0.2, -0.15) is 0 Å². The first-order valence-corrected chi connectivity index (χ1v) is 7.09. The van der Waals surface area contributed by atoms with Gasteiger partial charge >= 0.3 is 0 Å². The summed E-state index contributed by atoms with van der Waals surface area (Å²) >= 11 is 0. The maximum Gasteiger partial charge on any atom is 0.177 e. The number of hydrogen-bond acceptors (Lipinski definition) is 3. The molecule has 0 fully saturated rings.